The van der Waals surface area contributed by atoms with Crippen LogP contribution in [0.1, 0.15) is 28.4 Å². The first-order chi connectivity index (χ1) is 12.0. The number of allylic oxidation sites excluding steroid dienone is 1. The van der Waals surface area contributed by atoms with Crippen molar-refractivity contribution < 1.29 is 24.2 Å². The summed E-state index contributed by atoms with van der Waals surface area (Å²) in [6.07, 6.45) is 3.11. The van der Waals surface area contributed by atoms with Crippen LogP contribution in [0.4, 0.5) is 0 Å². The van der Waals surface area contributed by atoms with E-state index in [0.717, 1.165) is 5.56 Å². The molecule has 2 rings (SSSR count). The van der Waals surface area contributed by atoms with E-state index < -0.39 is 5.97 Å². The van der Waals surface area contributed by atoms with E-state index in [1.807, 2.05) is 13.0 Å². The maximum Gasteiger partial charge on any atom is 0.307 e. The van der Waals surface area contributed by atoms with Crippen LogP contribution >= 0.6 is 0 Å². The van der Waals surface area contributed by atoms with Crippen molar-refractivity contribution in [2.24, 2.45) is 0 Å². The van der Waals surface area contributed by atoms with Crippen molar-refractivity contribution in [3.63, 3.8) is 0 Å². The van der Waals surface area contributed by atoms with Crippen LogP contribution in [0, 0.1) is 0 Å². The third-order valence-corrected chi connectivity index (χ3v) is 3.51. The molecule has 0 fully saturated rings. The van der Waals surface area contributed by atoms with Crippen molar-refractivity contribution in [2.75, 3.05) is 13.7 Å². The molecule has 0 aliphatic heterocycles. The maximum absolute atomic E-state index is 12.2. The minimum atomic E-state index is -0.900. The summed E-state index contributed by atoms with van der Waals surface area (Å²) in [4.78, 5) is 22.9. The van der Waals surface area contributed by atoms with Crippen molar-refractivity contribution in [3.8, 4) is 11.5 Å². The first kappa shape index (κ1) is 18.3. The van der Waals surface area contributed by atoms with E-state index in [-0.39, 0.29) is 12.2 Å². The van der Waals surface area contributed by atoms with Gasteiger partial charge in [-0.25, -0.2) is 0 Å². The number of carbonyl (C=O) groups excluding carboxylic acids is 1. The third kappa shape index (κ3) is 5.21. The molecular weight excluding hydrogens is 320 g/mol. The highest BCUT2D eigenvalue weighted by Gasteiger charge is 2.06. The Morgan fingerprint density at radius 1 is 1.08 bits per heavy atom. The topological polar surface area (TPSA) is 72.8 Å². The lowest BCUT2D eigenvalue weighted by molar-refractivity contribution is -0.136. The first-order valence-electron chi connectivity index (χ1n) is 7.87. The number of benzene rings is 2. The van der Waals surface area contributed by atoms with Crippen molar-refractivity contribution in [1.29, 1.82) is 0 Å². The number of methoxy groups -OCH3 is 1. The minimum Gasteiger partial charge on any atom is -0.493 e. The Hall–Kier alpha value is -3.08. The van der Waals surface area contributed by atoms with Gasteiger partial charge in [-0.15, -0.1) is 0 Å². The summed E-state index contributed by atoms with van der Waals surface area (Å²) in [5, 5.41) is 8.75. The van der Waals surface area contributed by atoms with Crippen LogP contribution in [0.3, 0.4) is 0 Å². The number of ether oxygens (including phenoxy) is 2. The van der Waals surface area contributed by atoms with E-state index in [4.69, 9.17) is 14.6 Å². The second-order valence-electron chi connectivity index (χ2n) is 5.31. The summed E-state index contributed by atoms with van der Waals surface area (Å²) >= 11 is 0. The van der Waals surface area contributed by atoms with Gasteiger partial charge in [-0.2, -0.15) is 0 Å². The fraction of sp³-hybridized carbons (Fsp3) is 0.200. The van der Waals surface area contributed by atoms with Gasteiger partial charge in [0.1, 0.15) is 0 Å². The van der Waals surface area contributed by atoms with Gasteiger partial charge in [0.25, 0.3) is 0 Å². The summed E-state index contributed by atoms with van der Waals surface area (Å²) in [6.45, 7) is 2.44. The molecule has 0 aromatic heterocycles. The fourth-order valence-electron chi connectivity index (χ4n) is 2.29. The van der Waals surface area contributed by atoms with Crippen molar-refractivity contribution in [1.82, 2.24) is 0 Å². The Morgan fingerprint density at radius 2 is 1.80 bits per heavy atom. The summed E-state index contributed by atoms with van der Waals surface area (Å²) in [5.41, 5.74) is 1.98. The molecule has 0 unspecified atom stereocenters. The van der Waals surface area contributed by atoms with Crippen molar-refractivity contribution >= 4 is 17.8 Å². The Labute approximate surface area is 146 Å². The zero-order valence-electron chi connectivity index (χ0n) is 14.2. The number of rotatable bonds is 8. The fourth-order valence-corrected chi connectivity index (χ4v) is 2.29. The van der Waals surface area contributed by atoms with Crippen LogP contribution in [-0.2, 0) is 11.2 Å². The number of aliphatic carboxylic acids is 1. The molecule has 0 aliphatic carbocycles. The molecule has 0 amide bonds. The van der Waals surface area contributed by atoms with E-state index in [0.29, 0.717) is 29.2 Å². The van der Waals surface area contributed by atoms with Crippen LogP contribution in [0.25, 0.3) is 6.08 Å². The van der Waals surface area contributed by atoms with Crippen LogP contribution in [0.2, 0.25) is 0 Å². The smallest absolute Gasteiger partial charge is 0.307 e. The van der Waals surface area contributed by atoms with Gasteiger partial charge in [0.15, 0.2) is 17.3 Å². The SMILES string of the molecule is CCOc1ccc(C=CC(=O)c2ccc(CC(=O)O)cc2)cc1OC. The summed E-state index contributed by atoms with van der Waals surface area (Å²) in [6, 6.07) is 12.0. The second kappa shape index (κ2) is 8.68. The molecule has 2 aromatic rings. The minimum absolute atomic E-state index is 0.0592. The number of carboxylic acids is 1. The van der Waals surface area contributed by atoms with Gasteiger partial charge in [-0.3, -0.25) is 9.59 Å². The lowest BCUT2D eigenvalue weighted by Gasteiger charge is -2.09. The van der Waals surface area contributed by atoms with Crippen molar-refractivity contribution in [2.45, 2.75) is 13.3 Å². The molecule has 0 radical (unpaired) electrons. The Kier molecular flexibility index (Phi) is 6.34. The number of carbonyl (C=O) groups is 2. The van der Waals surface area contributed by atoms with Crippen LogP contribution < -0.4 is 9.47 Å². The number of hydrogen-bond acceptors (Lipinski definition) is 4. The maximum atomic E-state index is 12.2. The van der Waals surface area contributed by atoms with Crippen LogP contribution in [0.15, 0.2) is 48.5 Å². The zero-order valence-corrected chi connectivity index (χ0v) is 14.2. The predicted molar refractivity (Wildman–Crippen MR) is 95.3 cm³/mol. The monoisotopic (exact) mass is 340 g/mol. The lowest BCUT2D eigenvalue weighted by atomic mass is 10.1. The first-order valence-corrected chi connectivity index (χ1v) is 7.87. The molecule has 5 nitrogen and oxygen atoms in total. The van der Waals surface area contributed by atoms with Gasteiger partial charge >= 0.3 is 5.97 Å². The molecule has 0 saturated heterocycles. The highest BCUT2D eigenvalue weighted by molar-refractivity contribution is 6.06. The molecule has 130 valence electrons. The van der Waals surface area contributed by atoms with Crippen LogP contribution in [-0.4, -0.2) is 30.6 Å². The quantitative estimate of drug-likeness (QED) is 0.587. The molecule has 0 bridgehead atoms. The number of carboxylic acid groups (broad SMARTS) is 1. The normalized spacial score (nSPS) is 10.6. The molecule has 25 heavy (non-hydrogen) atoms. The van der Waals surface area contributed by atoms with E-state index in [9.17, 15) is 9.59 Å². The average molecular weight is 340 g/mol. The Bertz CT molecular complexity index is 775. The molecule has 1 N–H and O–H groups in total. The molecule has 0 aliphatic rings. The second-order valence-corrected chi connectivity index (χ2v) is 5.31. The van der Waals surface area contributed by atoms with Gasteiger partial charge in [0.2, 0.25) is 0 Å². The predicted octanol–water partition coefficient (Wildman–Crippen LogP) is 3.62. The van der Waals surface area contributed by atoms with Crippen LogP contribution in [0.5, 0.6) is 11.5 Å². The molecule has 0 atom stereocenters. The van der Waals surface area contributed by atoms with E-state index in [1.165, 1.54) is 6.08 Å². The molecule has 0 heterocycles. The highest BCUT2D eigenvalue weighted by Crippen LogP contribution is 2.28. The molecule has 0 spiro atoms. The van der Waals surface area contributed by atoms with Gasteiger partial charge in [0, 0.05) is 5.56 Å². The Morgan fingerprint density at radius 3 is 2.40 bits per heavy atom. The van der Waals surface area contributed by atoms with Crippen molar-refractivity contribution in [3.05, 3.63) is 65.2 Å². The van der Waals surface area contributed by atoms with E-state index in [1.54, 1.807) is 49.6 Å². The van der Waals surface area contributed by atoms with Gasteiger partial charge in [-0.1, -0.05) is 36.4 Å². The molecule has 0 saturated carbocycles. The van der Waals surface area contributed by atoms with E-state index >= 15 is 0 Å². The third-order valence-electron chi connectivity index (χ3n) is 3.51. The molecular formula is C20H20O5. The summed E-state index contributed by atoms with van der Waals surface area (Å²) in [7, 11) is 1.56. The number of ketones is 1. The van der Waals surface area contributed by atoms with Gasteiger partial charge in [-0.05, 0) is 36.3 Å². The molecule has 5 heteroatoms. The lowest BCUT2D eigenvalue weighted by Crippen LogP contribution is -2.01. The standard InChI is InChI=1S/C20H20O5/c1-3-25-18-11-7-14(12-19(18)24-2)6-10-17(21)16-8-4-15(5-9-16)13-20(22)23/h4-12H,3,13H2,1-2H3,(H,22,23). The zero-order chi connectivity index (χ0) is 18.2. The van der Waals surface area contributed by atoms with Gasteiger partial charge in [0.05, 0.1) is 20.1 Å². The Balaban J connectivity index is 2.10. The largest absolute Gasteiger partial charge is 0.493 e. The van der Waals surface area contributed by atoms with E-state index in [2.05, 4.69) is 0 Å². The van der Waals surface area contributed by atoms with Gasteiger partial charge < -0.3 is 14.6 Å². The average Bonchev–Trinajstić information content (AvgIpc) is 2.61. The summed E-state index contributed by atoms with van der Waals surface area (Å²) in [5.74, 6) is 0.204. The summed E-state index contributed by atoms with van der Waals surface area (Å²) < 4.78 is 10.7. The number of hydrogen-bond donors (Lipinski definition) is 1. The molecule has 2 aromatic carbocycles. The highest BCUT2D eigenvalue weighted by atomic mass is 16.5.